The van der Waals surface area contributed by atoms with E-state index in [4.69, 9.17) is 14.2 Å². The minimum Gasteiger partial charge on any atom is -0.493 e. The van der Waals surface area contributed by atoms with Crippen molar-refractivity contribution in [3.05, 3.63) is 93.5 Å². The second-order valence-electron chi connectivity index (χ2n) is 6.68. The van der Waals surface area contributed by atoms with Crippen LogP contribution in [0, 0.1) is 6.92 Å². The van der Waals surface area contributed by atoms with Crippen molar-refractivity contribution in [3.8, 4) is 17.2 Å². The Morgan fingerprint density at radius 3 is 2.26 bits per heavy atom. The normalized spacial score (nSPS) is 10.7. The molecule has 158 valence electrons. The zero-order chi connectivity index (χ0) is 22.4. The molecule has 0 amide bonds. The van der Waals surface area contributed by atoms with Crippen LogP contribution in [-0.2, 0) is 0 Å². The number of benzene rings is 3. The number of halogens is 1. The van der Waals surface area contributed by atoms with Gasteiger partial charge in [-0.25, -0.2) is 4.79 Å². The summed E-state index contributed by atoms with van der Waals surface area (Å²) in [6.45, 7) is 1.87. The predicted octanol–water partition coefficient (Wildman–Crippen LogP) is 5.89. The zero-order valence-electron chi connectivity index (χ0n) is 17.3. The summed E-state index contributed by atoms with van der Waals surface area (Å²) >= 11 is 3.34. The van der Waals surface area contributed by atoms with Gasteiger partial charge in [-0.05, 0) is 70.9 Å². The first-order valence-electron chi connectivity index (χ1n) is 9.44. The number of esters is 1. The average molecular weight is 481 g/mol. The summed E-state index contributed by atoms with van der Waals surface area (Å²) in [6.07, 6.45) is 3.11. The summed E-state index contributed by atoms with van der Waals surface area (Å²) in [5, 5.41) is 0. The predicted molar refractivity (Wildman–Crippen MR) is 123 cm³/mol. The lowest BCUT2D eigenvalue weighted by Crippen LogP contribution is -2.12. The third kappa shape index (κ3) is 5.41. The molecule has 0 bridgehead atoms. The Bertz CT molecular complexity index is 1150. The van der Waals surface area contributed by atoms with Crippen LogP contribution >= 0.6 is 15.9 Å². The SMILES string of the molecule is COc1ccc(/C=C/C(=O)c2cc(C)ccc2OC(=O)c2ccccc2Br)cc1OC. The van der Waals surface area contributed by atoms with Crippen LogP contribution < -0.4 is 14.2 Å². The fourth-order valence-corrected chi connectivity index (χ4v) is 3.37. The first-order chi connectivity index (χ1) is 14.9. The van der Waals surface area contributed by atoms with Crippen molar-refractivity contribution in [2.24, 2.45) is 0 Å². The van der Waals surface area contributed by atoms with Gasteiger partial charge in [0.15, 0.2) is 17.3 Å². The molecule has 0 aromatic heterocycles. The van der Waals surface area contributed by atoms with Crippen LogP contribution in [0.25, 0.3) is 6.08 Å². The fraction of sp³-hybridized carbons (Fsp3) is 0.120. The lowest BCUT2D eigenvalue weighted by atomic mass is 10.0. The molecule has 0 fully saturated rings. The van der Waals surface area contributed by atoms with Gasteiger partial charge in [-0.2, -0.15) is 0 Å². The molecule has 0 aliphatic carbocycles. The maximum atomic E-state index is 12.9. The van der Waals surface area contributed by atoms with E-state index in [1.807, 2.05) is 13.0 Å². The van der Waals surface area contributed by atoms with E-state index in [1.165, 1.54) is 6.08 Å². The summed E-state index contributed by atoms with van der Waals surface area (Å²) in [6, 6.07) is 17.4. The van der Waals surface area contributed by atoms with Gasteiger partial charge in [-0.15, -0.1) is 0 Å². The highest BCUT2D eigenvalue weighted by Crippen LogP contribution is 2.29. The molecule has 0 aliphatic heterocycles. The van der Waals surface area contributed by atoms with Gasteiger partial charge < -0.3 is 14.2 Å². The lowest BCUT2D eigenvalue weighted by Gasteiger charge is -2.10. The molecule has 0 saturated heterocycles. The number of carbonyl (C=O) groups is 2. The molecule has 3 aromatic carbocycles. The quantitative estimate of drug-likeness (QED) is 0.182. The van der Waals surface area contributed by atoms with Gasteiger partial charge in [0.1, 0.15) is 5.75 Å². The van der Waals surface area contributed by atoms with Gasteiger partial charge >= 0.3 is 5.97 Å². The van der Waals surface area contributed by atoms with Crippen molar-refractivity contribution in [2.45, 2.75) is 6.92 Å². The molecule has 0 N–H and O–H groups in total. The molecule has 3 aromatic rings. The van der Waals surface area contributed by atoms with Crippen molar-refractivity contribution in [2.75, 3.05) is 14.2 Å². The van der Waals surface area contributed by atoms with Crippen LogP contribution in [0.1, 0.15) is 31.8 Å². The monoisotopic (exact) mass is 480 g/mol. The molecule has 31 heavy (non-hydrogen) atoms. The van der Waals surface area contributed by atoms with Crippen molar-refractivity contribution in [1.82, 2.24) is 0 Å². The standard InChI is InChI=1S/C25H21BrO5/c1-16-8-12-22(31-25(28)18-6-4-5-7-20(18)26)19(14-16)21(27)11-9-17-10-13-23(29-2)24(15-17)30-3/h4-15H,1-3H3/b11-9+. The van der Waals surface area contributed by atoms with Crippen LogP contribution in [-0.4, -0.2) is 26.0 Å². The Morgan fingerprint density at radius 1 is 0.839 bits per heavy atom. The molecule has 0 aliphatic rings. The number of ether oxygens (including phenoxy) is 3. The van der Waals surface area contributed by atoms with Gasteiger partial charge in [-0.3, -0.25) is 4.79 Å². The summed E-state index contributed by atoms with van der Waals surface area (Å²) in [5.74, 6) is 0.539. The van der Waals surface area contributed by atoms with Crippen LogP contribution in [0.3, 0.4) is 0 Å². The zero-order valence-corrected chi connectivity index (χ0v) is 18.9. The fourth-order valence-electron chi connectivity index (χ4n) is 2.93. The highest BCUT2D eigenvalue weighted by molar-refractivity contribution is 9.10. The van der Waals surface area contributed by atoms with Gasteiger partial charge in [0.25, 0.3) is 0 Å². The summed E-state index contributed by atoms with van der Waals surface area (Å²) < 4.78 is 16.7. The number of aryl methyl sites for hydroxylation is 1. The summed E-state index contributed by atoms with van der Waals surface area (Å²) in [5.41, 5.74) is 2.33. The molecule has 0 heterocycles. The van der Waals surface area contributed by atoms with E-state index >= 15 is 0 Å². The Hall–Kier alpha value is -3.38. The van der Waals surface area contributed by atoms with Crippen LogP contribution in [0.5, 0.6) is 17.2 Å². The molecule has 0 saturated carbocycles. The Labute approximate surface area is 189 Å². The maximum absolute atomic E-state index is 12.9. The smallest absolute Gasteiger partial charge is 0.344 e. The lowest BCUT2D eigenvalue weighted by molar-refractivity contribution is 0.0732. The van der Waals surface area contributed by atoms with Crippen LogP contribution in [0.4, 0.5) is 0 Å². The van der Waals surface area contributed by atoms with Crippen LogP contribution in [0.15, 0.2) is 71.2 Å². The largest absolute Gasteiger partial charge is 0.493 e. The molecule has 0 radical (unpaired) electrons. The minimum atomic E-state index is -0.547. The van der Waals surface area contributed by atoms with E-state index in [0.717, 1.165) is 11.1 Å². The molecule has 0 spiro atoms. The minimum absolute atomic E-state index is 0.202. The van der Waals surface area contributed by atoms with Crippen molar-refractivity contribution < 1.29 is 23.8 Å². The number of methoxy groups -OCH3 is 2. The van der Waals surface area contributed by atoms with Gasteiger partial charge in [0.2, 0.25) is 0 Å². The molecule has 6 heteroatoms. The molecule has 0 unspecified atom stereocenters. The molecular formula is C25H21BrO5. The Morgan fingerprint density at radius 2 is 1.55 bits per heavy atom. The molecule has 5 nitrogen and oxygen atoms in total. The highest BCUT2D eigenvalue weighted by atomic mass is 79.9. The number of rotatable bonds is 7. The number of carbonyl (C=O) groups excluding carboxylic acids is 2. The van der Waals surface area contributed by atoms with Gasteiger partial charge in [0, 0.05) is 4.47 Å². The first-order valence-corrected chi connectivity index (χ1v) is 10.2. The summed E-state index contributed by atoms with van der Waals surface area (Å²) in [7, 11) is 3.11. The Balaban J connectivity index is 1.86. The van der Waals surface area contributed by atoms with Gasteiger partial charge in [0.05, 0.1) is 25.3 Å². The summed E-state index contributed by atoms with van der Waals surface area (Å²) in [4.78, 5) is 25.5. The second kappa shape index (κ2) is 10.1. The Kier molecular flexibility index (Phi) is 7.26. The van der Waals surface area contributed by atoms with E-state index < -0.39 is 5.97 Å². The second-order valence-corrected chi connectivity index (χ2v) is 7.54. The number of allylic oxidation sites excluding steroid dienone is 1. The molecule has 0 atom stereocenters. The third-order valence-corrected chi connectivity index (χ3v) is 5.22. The first kappa shape index (κ1) is 22.3. The van der Waals surface area contributed by atoms with Crippen molar-refractivity contribution >= 4 is 33.8 Å². The van der Waals surface area contributed by atoms with Gasteiger partial charge in [-0.1, -0.05) is 35.9 Å². The van der Waals surface area contributed by atoms with E-state index in [1.54, 1.807) is 74.9 Å². The van der Waals surface area contributed by atoms with Crippen LogP contribution in [0.2, 0.25) is 0 Å². The van der Waals surface area contributed by atoms with E-state index in [2.05, 4.69) is 15.9 Å². The van der Waals surface area contributed by atoms with E-state index in [9.17, 15) is 9.59 Å². The molecular weight excluding hydrogens is 460 g/mol. The van der Waals surface area contributed by atoms with Crippen molar-refractivity contribution in [1.29, 1.82) is 0 Å². The number of hydrogen-bond donors (Lipinski definition) is 0. The number of ketones is 1. The molecule has 3 rings (SSSR count). The van der Waals surface area contributed by atoms with E-state index in [0.29, 0.717) is 27.1 Å². The average Bonchev–Trinajstić information content (AvgIpc) is 2.78. The number of hydrogen-bond acceptors (Lipinski definition) is 5. The van der Waals surface area contributed by atoms with E-state index in [-0.39, 0.29) is 11.5 Å². The van der Waals surface area contributed by atoms with Crippen molar-refractivity contribution in [3.63, 3.8) is 0 Å². The topological polar surface area (TPSA) is 61.8 Å². The highest BCUT2D eigenvalue weighted by Gasteiger charge is 2.17. The third-order valence-electron chi connectivity index (χ3n) is 4.53. The maximum Gasteiger partial charge on any atom is 0.344 e.